The van der Waals surface area contributed by atoms with Crippen molar-refractivity contribution in [3.8, 4) is 0 Å². The highest BCUT2D eigenvalue weighted by atomic mass is 19.4. The zero-order chi connectivity index (χ0) is 15.3. The van der Waals surface area contributed by atoms with Gasteiger partial charge in [-0.05, 0) is 12.8 Å². The quantitative estimate of drug-likeness (QED) is 0.845. The number of aliphatic carboxylic acids is 1. The lowest BCUT2D eigenvalue weighted by atomic mass is 10.1. The van der Waals surface area contributed by atoms with Crippen LogP contribution in [0, 0.1) is 0 Å². The normalized spacial score (nSPS) is 17.1. The van der Waals surface area contributed by atoms with Gasteiger partial charge >= 0.3 is 18.2 Å². The lowest BCUT2D eigenvalue weighted by Crippen LogP contribution is -2.51. The van der Waals surface area contributed by atoms with Crippen molar-refractivity contribution >= 4 is 12.0 Å². The van der Waals surface area contributed by atoms with Crippen LogP contribution in [-0.4, -0.2) is 72.5 Å². The Kier molecular flexibility index (Phi) is 5.61. The maximum absolute atomic E-state index is 12.4. The summed E-state index contributed by atoms with van der Waals surface area (Å²) in [5.41, 5.74) is 0. The number of carbonyl (C=O) groups excluding carboxylic acids is 1. The first-order valence-corrected chi connectivity index (χ1v) is 6.08. The SMILES string of the molecule is COC1CCN(C(=O)N(CC(=O)O)CC(F)(F)F)CC1. The molecular formula is C11H17F3N2O4. The summed E-state index contributed by atoms with van der Waals surface area (Å²) in [7, 11) is 1.53. The molecule has 2 amide bonds. The maximum Gasteiger partial charge on any atom is 0.406 e. The minimum atomic E-state index is -4.63. The highest BCUT2D eigenvalue weighted by molar-refractivity contribution is 5.80. The first-order valence-electron chi connectivity index (χ1n) is 6.08. The molecule has 116 valence electrons. The van der Waals surface area contributed by atoms with Crippen molar-refractivity contribution < 1.29 is 32.6 Å². The molecular weight excluding hydrogens is 281 g/mol. The lowest BCUT2D eigenvalue weighted by Gasteiger charge is -2.35. The molecule has 0 bridgehead atoms. The Balaban J connectivity index is 2.65. The Bertz CT molecular complexity index is 354. The molecule has 1 heterocycles. The second-order valence-corrected chi connectivity index (χ2v) is 4.57. The Hall–Kier alpha value is -1.51. The maximum atomic E-state index is 12.4. The van der Waals surface area contributed by atoms with Crippen LogP contribution < -0.4 is 0 Å². The Labute approximate surface area is 114 Å². The van der Waals surface area contributed by atoms with Crippen LogP contribution in [0.25, 0.3) is 0 Å². The fourth-order valence-corrected chi connectivity index (χ4v) is 2.05. The number of methoxy groups -OCH3 is 1. The topological polar surface area (TPSA) is 70.1 Å². The highest BCUT2D eigenvalue weighted by Crippen LogP contribution is 2.19. The van der Waals surface area contributed by atoms with Crippen LogP contribution in [0.4, 0.5) is 18.0 Å². The number of rotatable bonds is 4. The third-order valence-electron chi connectivity index (χ3n) is 3.01. The molecule has 1 aliphatic rings. The Morgan fingerprint density at radius 3 is 2.30 bits per heavy atom. The third kappa shape index (κ3) is 5.24. The van der Waals surface area contributed by atoms with Crippen LogP contribution in [0.1, 0.15) is 12.8 Å². The molecule has 0 aliphatic carbocycles. The van der Waals surface area contributed by atoms with E-state index in [-0.39, 0.29) is 19.2 Å². The molecule has 1 rings (SSSR count). The number of halogens is 3. The van der Waals surface area contributed by atoms with Gasteiger partial charge in [-0.3, -0.25) is 4.79 Å². The standard InChI is InChI=1S/C11H17F3N2O4/c1-20-8-2-4-15(5-3-8)10(19)16(6-9(17)18)7-11(12,13)14/h8H,2-7H2,1H3,(H,17,18). The fourth-order valence-electron chi connectivity index (χ4n) is 2.05. The minimum Gasteiger partial charge on any atom is -0.480 e. The van der Waals surface area contributed by atoms with E-state index in [9.17, 15) is 22.8 Å². The lowest BCUT2D eigenvalue weighted by molar-refractivity contribution is -0.150. The largest absolute Gasteiger partial charge is 0.480 e. The summed E-state index contributed by atoms with van der Waals surface area (Å²) in [6.07, 6.45) is -3.60. The molecule has 20 heavy (non-hydrogen) atoms. The van der Waals surface area contributed by atoms with Crippen LogP contribution in [0.3, 0.4) is 0 Å². The first kappa shape index (κ1) is 16.5. The van der Waals surface area contributed by atoms with E-state index in [4.69, 9.17) is 9.84 Å². The summed E-state index contributed by atoms with van der Waals surface area (Å²) in [5.74, 6) is -1.48. The number of carboxylic acid groups (broad SMARTS) is 1. The third-order valence-corrected chi connectivity index (χ3v) is 3.01. The van der Waals surface area contributed by atoms with Crippen molar-refractivity contribution in [3.63, 3.8) is 0 Å². The van der Waals surface area contributed by atoms with E-state index in [1.165, 1.54) is 12.0 Å². The van der Waals surface area contributed by atoms with Crippen molar-refractivity contribution in [2.75, 3.05) is 33.3 Å². The van der Waals surface area contributed by atoms with Gasteiger partial charge in [-0.15, -0.1) is 0 Å². The molecule has 9 heteroatoms. The predicted molar refractivity (Wildman–Crippen MR) is 62.3 cm³/mol. The second kappa shape index (κ2) is 6.78. The second-order valence-electron chi connectivity index (χ2n) is 4.57. The molecule has 0 saturated carbocycles. The van der Waals surface area contributed by atoms with Crippen LogP contribution in [0.5, 0.6) is 0 Å². The fraction of sp³-hybridized carbons (Fsp3) is 0.818. The number of likely N-dealkylation sites (tertiary alicyclic amines) is 1. The summed E-state index contributed by atoms with van der Waals surface area (Å²) in [4.78, 5) is 24.1. The van der Waals surface area contributed by atoms with Gasteiger partial charge in [-0.2, -0.15) is 13.2 Å². The zero-order valence-corrected chi connectivity index (χ0v) is 11.0. The van der Waals surface area contributed by atoms with Crippen molar-refractivity contribution in [2.24, 2.45) is 0 Å². The van der Waals surface area contributed by atoms with Crippen LogP contribution in [0.2, 0.25) is 0 Å². The number of nitrogens with zero attached hydrogens (tertiary/aromatic N) is 2. The Morgan fingerprint density at radius 2 is 1.90 bits per heavy atom. The number of alkyl halides is 3. The average Bonchev–Trinajstić information content (AvgIpc) is 2.35. The summed E-state index contributed by atoms with van der Waals surface area (Å²) in [5, 5.41) is 8.61. The highest BCUT2D eigenvalue weighted by Gasteiger charge is 2.36. The number of amides is 2. The smallest absolute Gasteiger partial charge is 0.406 e. The molecule has 1 saturated heterocycles. The molecule has 0 atom stereocenters. The molecule has 0 radical (unpaired) electrons. The monoisotopic (exact) mass is 298 g/mol. The van der Waals surface area contributed by atoms with Crippen molar-refractivity contribution in [1.29, 1.82) is 0 Å². The van der Waals surface area contributed by atoms with Gasteiger partial charge in [0.2, 0.25) is 0 Å². The minimum absolute atomic E-state index is 0.0189. The number of carbonyl (C=O) groups is 2. The van der Waals surface area contributed by atoms with E-state index in [0.29, 0.717) is 17.7 Å². The van der Waals surface area contributed by atoms with E-state index >= 15 is 0 Å². The van der Waals surface area contributed by atoms with E-state index in [1.54, 1.807) is 0 Å². The molecule has 0 aromatic rings. The molecule has 0 spiro atoms. The molecule has 1 aliphatic heterocycles. The number of ether oxygens (including phenoxy) is 1. The summed E-state index contributed by atoms with van der Waals surface area (Å²) in [6, 6.07) is -0.903. The summed E-state index contributed by atoms with van der Waals surface area (Å²) in [6.45, 7) is -2.03. The van der Waals surface area contributed by atoms with Gasteiger partial charge < -0.3 is 19.6 Å². The van der Waals surface area contributed by atoms with Crippen LogP contribution in [0.15, 0.2) is 0 Å². The van der Waals surface area contributed by atoms with E-state index in [0.717, 1.165) is 0 Å². The predicted octanol–water partition coefficient (Wildman–Crippen LogP) is 1.17. The van der Waals surface area contributed by atoms with Gasteiger partial charge in [0, 0.05) is 20.2 Å². The van der Waals surface area contributed by atoms with E-state index in [2.05, 4.69) is 0 Å². The van der Waals surface area contributed by atoms with Crippen molar-refractivity contribution in [3.05, 3.63) is 0 Å². The van der Waals surface area contributed by atoms with Crippen LogP contribution >= 0.6 is 0 Å². The number of hydrogen-bond donors (Lipinski definition) is 1. The number of carboxylic acids is 1. The van der Waals surface area contributed by atoms with E-state index < -0.39 is 31.3 Å². The number of hydrogen-bond acceptors (Lipinski definition) is 3. The molecule has 1 fully saturated rings. The van der Waals surface area contributed by atoms with Gasteiger partial charge in [-0.1, -0.05) is 0 Å². The first-order chi connectivity index (χ1) is 9.23. The van der Waals surface area contributed by atoms with Crippen molar-refractivity contribution in [2.45, 2.75) is 25.1 Å². The van der Waals surface area contributed by atoms with Gasteiger partial charge in [0.15, 0.2) is 0 Å². The molecule has 0 aromatic carbocycles. The number of piperidine rings is 1. The van der Waals surface area contributed by atoms with Gasteiger partial charge in [0.25, 0.3) is 0 Å². The molecule has 1 N–H and O–H groups in total. The van der Waals surface area contributed by atoms with Crippen molar-refractivity contribution in [1.82, 2.24) is 9.80 Å². The number of urea groups is 1. The summed E-state index contributed by atoms with van der Waals surface area (Å²) >= 11 is 0. The average molecular weight is 298 g/mol. The van der Waals surface area contributed by atoms with Gasteiger partial charge in [0.05, 0.1) is 6.10 Å². The molecule has 0 aromatic heterocycles. The Morgan fingerprint density at radius 1 is 1.35 bits per heavy atom. The molecule has 6 nitrogen and oxygen atoms in total. The zero-order valence-electron chi connectivity index (χ0n) is 11.0. The van der Waals surface area contributed by atoms with Crippen LogP contribution in [-0.2, 0) is 9.53 Å². The van der Waals surface area contributed by atoms with Gasteiger partial charge in [-0.25, -0.2) is 4.79 Å². The molecule has 0 unspecified atom stereocenters. The summed E-state index contributed by atoms with van der Waals surface area (Å²) < 4.78 is 42.2. The van der Waals surface area contributed by atoms with Gasteiger partial charge in [0.1, 0.15) is 13.1 Å². The van der Waals surface area contributed by atoms with E-state index in [1.807, 2.05) is 0 Å².